The summed E-state index contributed by atoms with van der Waals surface area (Å²) in [6.07, 6.45) is -0.174. The average molecular weight is 401 g/mol. The molecule has 0 saturated heterocycles. The third kappa shape index (κ3) is 6.09. The van der Waals surface area contributed by atoms with Crippen molar-refractivity contribution in [3.05, 3.63) is 59.7 Å². The lowest BCUT2D eigenvalue weighted by Gasteiger charge is -2.23. The zero-order chi connectivity index (χ0) is 21.4. The highest BCUT2D eigenvalue weighted by molar-refractivity contribution is 5.99. The van der Waals surface area contributed by atoms with Crippen molar-refractivity contribution in [2.24, 2.45) is 23.2 Å². The summed E-state index contributed by atoms with van der Waals surface area (Å²) in [6, 6.07) is 12.0. The minimum Gasteiger partial charge on any atom is -0.445 e. The van der Waals surface area contributed by atoms with E-state index in [0.717, 1.165) is 5.56 Å². The number of carbonyl (C=O) groups is 3. The molecule has 5 amide bonds. The Morgan fingerprint density at radius 3 is 2.10 bits per heavy atom. The quantitative estimate of drug-likeness (QED) is 0.258. The number of ether oxygens (including phenoxy) is 1. The van der Waals surface area contributed by atoms with E-state index < -0.39 is 18.2 Å². The van der Waals surface area contributed by atoms with Crippen molar-refractivity contribution in [1.82, 2.24) is 5.32 Å². The zero-order valence-corrected chi connectivity index (χ0v) is 15.6. The van der Waals surface area contributed by atoms with Crippen LogP contribution >= 0.6 is 0 Å². The van der Waals surface area contributed by atoms with Crippen LogP contribution in [0.25, 0.3) is 0 Å². The number of primary amides is 2. The van der Waals surface area contributed by atoms with Crippen molar-refractivity contribution in [2.45, 2.75) is 13.0 Å². The number of nitrogens with two attached hydrogens (primary N) is 4. The van der Waals surface area contributed by atoms with Gasteiger partial charge in [0.2, 0.25) is 0 Å². The highest BCUT2D eigenvalue weighted by atomic mass is 16.5. The number of rotatable bonds is 7. The van der Waals surface area contributed by atoms with Gasteiger partial charge in [0.15, 0.2) is 0 Å². The average Bonchev–Trinajstić information content (AvgIpc) is 2.71. The van der Waals surface area contributed by atoms with Crippen LogP contribution in [0.3, 0.4) is 0 Å². The van der Waals surface area contributed by atoms with Crippen LogP contribution in [0, 0.1) is 0 Å². The highest BCUT2D eigenvalue weighted by Crippen LogP contribution is 2.28. The molecule has 9 N–H and O–H groups in total. The summed E-state index contributed by atoms with van der Waals surface area (Å²) in [5.41, 5.74) is 12.1. The van der Waals surface area contributed by atoms with Crippen molar-refractivity contribution in [3.63, 3.8) is 0 Å². The van der Waals surface area contributed by atoms with Gasteiger partial charge in [0.25, 0.3) is 0 Å². The molecule has 0 saturated carbocycles. The second-order valence-corrected chi connectivity index (χ2v) is 5.98. The molecule has 0 aliphatic rings. The number of hydrazine groups is 2. The number of urea groups is 2. The fourth-order valence-electron chi connectivity index (χ4n) is 2.44. The van der Waals surface area contributed by atoms with E-state index >= 15 is 0 Å². The lowest BCUT2D eigenvalue weighted by atomic mass is 10.1. The summed E-state index contributed by atoms with van der Waals surface area (Å²) in [7, 11) is 0. The van der Waals surface area contributed by atoms with Gasteiger partial charge in [-0.2, -0.15) is 0 Å². The molecule has 11 nitrogen and oxygen atoms in total. The van der Waals surface area contributed by atoms with Crippen LogP contribution in [0.1, 0.15) is 11.1 Å². The van der Waals surface area contributed by atoms with Gasteiger partial charge in [0.1, 0.15) is 6.61 Å². The summed E-state index contributed by atoms with van der Waals surface area (Å²) in [6.45, 7) is 0.418. The minimum atomic E-state index is -0.955. The molecule has 0 spiro atoms. The van der Waals surface area contributed by atoms with E-state index in [4.69, 9.17) is 27.9 Å². The van der Waals surface area contributed by atoms with Crippen molar-refractivity contribution < 1.29 is 19.1 Å². The minimum absolute atomic E-state index is 0.0861. The van der Waals surface area contributed by atoms with E-state index in [-0.39, 0.29) is 24.5 Å². The predicted molar refractivity (Wildman–Crippen MR) is 107 cm³/mol. The molecule has 154 valence electrons. The maximum absolute atomic E-state index is 11.8. The van der Waals surface area contributed by atoms with Crippen LogP contribution in [-0.2, 0) is 17.8 Å². The first-order valence-corrected chi connectivity index (χ1v) is 8.55. The topological polar surface area (TPSA) is 183 Å². The Bertz CT molecular complexity index is 876. The van der Waals surface area contributed by atoms with Crippen molar-refractivity contribution in [3.8, 4) is 0 Å². The van der Waals surface area contributed by atoms with Gasteiger partial charge < -0.3 is 21.5 Å². The molecule has 2 aromatic rings. The monoisotopic (exact) mass is 401 g/mol. The van der Waals surface area contributed by atoms with Gasteiger partial charge >= 0.3 is 18.2 Å². The number of nitrogens with one attached hydrogen (secondary N) is 1. The lowest BCUT2D eigenvalue weighted by Crippen LogP contribution is -2.46. The predicted octanol–water partition coefficient (Wildman–Crippen LogP) is 0.673. The fourth-order valence-corrected chi connectivity index (χ4v) is 2.44. The second kappa shape index (κ2) is 9.92. The number of nitrogens with zero attached hydrogens (tertiary/aromatic N) is 2. The summed E-state index contributed by atoms with van der Waals surface area (Å²) in [4.78, 5) is 34.5. The molecule has 29 heavy (non-hydrogen) atoms. The Morgan fingerprint density at radius 2 is 1.48 bits per heavy atom. The Labute approximate surface area is 167 Å². The first-order chi connectivity index (χ1) is 13.8. The van der Waals surface area contributed by atoms with Crippen LogP contribution in [-0.4, -0.2) is 24.7 Å². The Hall–Kier alpha value is -3.83. The molecule has 0 fully saturated rings. The Balaban J connectivity index is 1.98. The van der Waals surface area contributed by atoms with E-state index in [2.05, 4.69) is 5.32 Å². The smallest absolute Gasteiger partial charge is 0.407 e. The first-order valence-electron chi connectivity index (χ1n) is 8.55. The second-order valence-electron chi connectivity index (χ2n) is 5.98. The van der Waals surface area contributed by atoms with Gasteiger partial charge in [-0.25, -0.2) is 36.1 Å². The van der Waals surface area contributed by atoms with E-state index in [1.807, 2.05) is 30.3 Å². The van der Waals surface area contributed by atoms with Gasteiger partial charge in [0, 0.05) is 6.54 Å². The van der Waals surface area contributed by atoms with Gasteiger partial charge in [-0.05, 0) is 29.7 Å². The molecule has 0 aliphatic carbocycles. The number of alkyl carbamates (subject to hydrolysis) is 1. The molecule has 2 rings (SSSR count). The van der Waals surface area contributed by atoms with Crippen LogP contribution in [0.5, 0.6) is 0 Å². The van der Waals surface area contributed by atoms with Crippen LogP contribution < -0.4 is 38.5 Å². The van der Waals surface area contributed by atoms with Gasteiger partial charge in [0.05, 0.1) is 11.4 Å². The maximum Gasteiger partial charge on any atom is 0.407 e. The number of hydrogen-bond donors (Lipinski definition) is 5. The van der Waals surface area contributed by atoms with Crippen molar-refractivity contribution in [2.75, 3.05) is 16.6 Å². The van der Waals surface area contributed by atoms with Crippen LogP contribution in [0.4, 0.5) is 25.8 Å². The molecule has 0 atom stereocenters. The fraction of sp³-hybridized carbons (Fsp3) is 0.167. The molecule has 0 radical (unpaired) electrons. The van der Waals surface area contributed by atoms with E-state index in [9.17, 15) is 14.4 Å². The SMILES string of the molecule is NC(=O)N(N)c1ccc(CCNC(=O)OCc2ccccc2)cc1N(N)C(N)=O. The third-order valence-corrected chi connectivity index (χ3v) is 3.93. The summed E-state index contributed by atoms with van der Waals surface area (Å²) < 4.78 is 5.12. The molecule has 0 unspecified atom stereocenters. The van der Waals surface area contributed by atoms with Gasteiger partial charge in [-0.15, -0.1) is 0 Å². The highest BCUT2D eigenvalue weighted by Gasteiger charge is 2.19. The van der Waals surface area contributed by atoms with Crippen molar-refractivity contribution in [1.29, 1.82) is 0 Å². The normalized spacial score (nSPS) is 10.1. The molecular formula is C18H23N7O4. The Morgan fingerprint density at radius 1 is 0.862 bits per heavy atom. The maximum atomic E-state index is 11.8. The largest absolute Gasteiger partial charge is 0.445 e. The molecule has 0 heterocycles. The molecule has 0 aromatic heterocycles. The number of amides is 5. The van der Waals surface area contributed by atoms with E-state index in [1.54, 1.807) is 6.07 Å². The van der Waals surface area contributed by atoms with E-state index in [0.29, 0.717) is 22.0 Å². The molecule has 11 heteroatoms. The van der Waals surface area contributed by atoms with E-state index in [1.165, 1.54) is 12.1 Å². The first kappa shape index (κ1) is 21.5. The third-order valence-electron chi connectivity index (χ3n) is 3.93. The summed E-state index contributed by atoms with van der Waals surface area (Å²) in [5, 5.41) is 3.90. The molecule has 0 aliphatic heterocycles. The van der Waals surface area contributed by atoms with Crippen LogP contribution in [0.2, 0.25) is 0 Å². The molecule has 0 bridgehead atoms. The van der Waals surface area contributed by atoms with Crippen LogP contribution in [0.15, 0.2) is 48.5 Å². The van der Waals surface area contributed by atoms with Gasteiger partial charge in [-0.1, -0.05) is 36.4 Å². The summed E-state index contributed by atoms with van der Waals surface area (Å²) >= 11 is 0. The Kier molecular flexibility index (Phi) is 7.34. The number of hydrogen-bond acceptors (Lipinski definition) is 6. The zero-order valence-electron chi connectivity index (χ0n) is 15.6. The van der Waals surface area contributed by atoms with Crippen molar-refractivity contribution >= 4 is 29.5 Å². The van der Waals surface area contributed by atoms with Gasteiger partial charge in [-0.3, -0.25) is 0 Å². The standard InChI is InChI=1S/C18H23N7O4/c19-16(26)24(21)14-7-6-12(10-15(14)25(22)17(20)27)8-9-23-18(28)29-11-13-4-2-1-3-5-13/h1-7,10H,8-9,11,21-22H2,(H2,19,26)(H2,20,27)(H,23,28). The number of benzene rings is 2. The summed E-state index contributed by atoms with van der Waals surface area (Å²) in [5.74, 6) is 11.3. The molecular weight excluding hydrogens is 378 g/mol. The number of carbonyl (C=O) groups excluding carboxylic acids is 3. The lowest BCUT2D eigenvalue weighted by molar-refractivity contribution is 0.140. The molecule has 2 aromatic carbocycles. The number of anilines is 2.